The van der Waals surface area contributed by atoms with E-state index in [1.165, 1.54) is 0 Å². The molecule has 0 saturated carbocycles. The lowest BCUT2D eigenvalue weighted by atomic mass is 9.82. The molecule has 2 aromatic rings. The Bertz CT molecular complexity index is 752. The molecule has 0 aromatic heterocycles. The van der Waals surface area contributed by atoms with Crippen LogP contribution in [-0.2, 0) is 10.0 Å². The minimum Gasteiger partial charge on any atom is -0.315 e. The van der Waals surface area contributed by atoms with Crippen LogP contribution in [0.2, 0.25) is 0 Å². The van der Waals surface area contributed by atoms with Gasteiger partial charge in [-0.2, -0.15) is 4.72 Å². The van der Waals surface area contributed by atoms with Crippen molar-refractivity contribution < 1.29 is 8.42 Å². The Morgan fingerprint density at radius 1 is 1.09 bits per heavy atom. The third-order valence-corrected chi connectivity index (χ3v) is 6.12. The highest BCUT2D eigenvalue weighted by atomic mass is 32.2. The molecule has 0 spiro atoms. The summed E-state index contributed by atoms with van der Waals surface area (Å²) in [5.74, 6) is 0. The standard InChI is InChI=1S/C17H24N2O2S/c1-4-17(3,5-2)16(18)19-22(20,21)15-11-10-13-8-6-7-9-14(13)12-15/h6-12,16,19H,4-5,18H2,1-3H3. The molecule has 3 N–H and O–H groups in total. The van der Waals surface area contributed by atoms with Gasteiger partial charge in [0.25, 0.3) is 0 Å². The number of hydrogen-bond acceptors (Lipinski definition) is 3. The molecule has 0 aliphatic heterocycles. The smallest absolute Gasteiger partial charge is 0.241 e. The van der Waals surface area contributed by atoms with E-state index < -0.39 is 16.2 Å². The molecule has 0 aliphatic rings. The molecule has 22 heavy (non-hydrogen) atoms. The van der Waals surface area contributed by atoms with Crippen molar-refractivity contribution >= 4 is 20.8 Å². The average Bonchev–Trinajstić information content (AvgIpc) is 2.53. The Kier molecular flexibility index (Phi) is 4.90. The second-order valence-electron chi connectivity index (χ2n) is 5.97. The molecule has 0 amide bonds. The molecule has 2 rings (SSSR count). The van der Waals surface area contributed by atoms with Crippen molar-refractivity contribution in [2.24, 2.45) is 11.1 Å². The number of hydrogen-bond donors (Lipinski definition) is 2. The van der Waals surface area contributed by atoms with Gasteiger partial charge in [0.1, 0.15) is 0 Å². The molecule has 120 valence electrons. The van der Waals surface area contributed by atoms with Gasteiger partial charge in [-0.1, -0.05) is 51.1 Å². The van der Waals surface area contributed by atoms with Crippen molar-refractivity contribution in [3.63, 3.8) is 0 Å². The Hall–Kier alpha value is -1.43. The van der Waals surface area contributed by atoms with Crippen molar-refractivity contribution in [3.05, 3.63) is 42.5 Å². The van der Waals surface area contributed by atoms with Crippen LogP contribution in [0.15, 0.2) is 47.4 Å². The second-order valence-corrected chi connectivity index (χ2v) is 7.68. The first-order valence-corrected chi connectivity index (χ1v) is 9.07. The van der Waals surface area contributed by atoms with Crippen molar-refractivity contribution in [2.45, 2.75) is 44.7 Å². The van der Waals surface area contributed by atoms with E-state index in [1.807, 2.05) is 51.1 Å². The van der Waals surface area contributed by atoms with Gasteiger partial charge in [0.15, 0.2) is 0 Å². The maximum atomic E-state index is 12.6. The molecule has 1 unspecified atom stereocenters. The lowest BCUT2D eigenvalue weighted by Gasteiger charge is -2.33. The van der Waals surface area contributed by atoms with E-state index in [1.54, 1.807) is 12.1 Å². The normalized spacial score (nSPS) is 14.2. The van der Waals surface area contributed by atoms with Crippen LogP contribution < -0.4 is 10.5 Å². The monoisotopic (exact) mass is 320 g/mol. The van der Waals surface area contributed by atoms with Crippen LogP contribution in [-0.4, -0.2) is 14.6 Å². The van der Waals surface area contributed by atoms with Crippen LogP contribution in [0.5, 0.6) is 0 Å². The Morgan fingerprint density at radius 2 is 1.68 bits per heavy atom. The van der Waals surface area contributed by atoms with Crippen LogP contribution >= 0.6 is 0 Å². The fourth-order valence-electron chi connectivity index (χ4n) is 2.40. The van der Waals surface area contributed by atoms with Crippen LogP contribution in [0.4, 0.5) is 0 Å². The summed E-state index contributed by atoms with van der Waals surface area (Å²) in [5.41, 5.74) is 5.86. The molecule has 0 fully saturated rings. The van der Waals surface area contributed by atoms with Crippen molar-refractivity contribution in [1.82, 2.24) is 4.72 Å². The van der Waals surface area contributed by atoms with Crippen molar-refractivity contribution in [1.29, 1.82) is 0 Å². The first-order valence-electron chi connectivity index (χ1n) is 7.59. The van der Waals surface area contributed by atoms with Crippen LogP contribution in [0.3, 0.4) is 0 Å². The minimum absolute atomic E-state index is 0.246. The van der Waals surface area contributed by atoms with Crippen LogP contribution in [0, 0.1) is 5.41 Å². The molecule has 0 heterocycles. The summed E-state index contributed by atoms with van der Waals surface area (Å²) in [5, 5.41) is 1.91. The van der Waals surface area contributed by atoms with E-state index in [2.05, 4.69) is 4.72 Å². The number of rotatable bonds is 6. The number of benzene rings is 2. The first kappa shape index (κ1) is 16.9. The van der Waals surface area contributed by atoms with Gasteiger partial charge in [-0.25, -0.2) is 8.42 Å². The molecule has 0 bridgehead atoms. The zero-order chi connectivity index (χ0) is 16.4. The molecule has 4 nitrogen and oxygen atoms in total. The van der Waals surface area contributed by atoms with E-state index in [4.69, 9.17) is 5.73 Å². The molecule has 0 saturated heterocycles. The average molecular weight is 320 g/mol. The molecule has 5 heteroatoms. The van der Waals surface area contributed by atoms with Gasteiger partial charge >= 0.3 is 0 Å². The summed E-state index contributed by atoms with van der Waals surface area (Å²) in [6.07, 6.45) is 1.01. The maximum absolute atomic E-state index is 12.6. The molecular formula is C17H24N2O2S. The number of nitrogens with two attached hydrogens (primary N) is 1. The van der Waals surface area contributed by atoms with E-state index in [9.17, 15) is 8.42 Å². The van der Waals surface area contributed by atoms with Gasteiger partial charge in [0.05, 0.1) is 11.1 Å². The molecule has 2 aromatic carbocycles. The predicted octanol–water partition coefficient (Wildman–Crippen LogP) is 3.23. The number of fused-ring (bicyclic) bond motifs is 1. The summed E-state index contributed by atoms with van der Waals surface area (Å²) in [6.45, 7) is 6.04. The summed E-state index contributed by atoms with van der Waals surface area (Å²) >= 11 is 0. The Balaban J connectivity index is 2.32. The summed E-state index contributed by atoms with van der Waals surface area (Å²) in [4.78, 5) is 0.246. The highest BCUT2D eigenvalue weighted by Crippen LogP contribution is 2.28. The lowest BCUT2D eigenvalue weighted by Crippen LogP contribution is -2.51. The van der Waals surface area contributed by atoms with E-state index in [0.29, 0.717) is 0 Å². The molecule has 0 radical (unpaired) electrons. The third-order valence-electron chi connectivity index (χ3n) is 4.68. The fraction of sp³-hybridized carbons (Fsp3) is 0.412. The zero-order valence-electron chi connectivity index (χ0n) is 13.3. The van der Waals surface area contributed by atoms with E-state index >= 15 is 0 Å². The van der Waals surface area contributed by atoms with Crippen molar-refractivity contribution in [3.8, 4) is 0 Å². The Morgan fingerprint density at radius 3 is 2.27 bits per heavy atom. The van der Waals surface area contributed by atoms with Gasteiger partial charge in [0, 0.05) is 0 Å². The first-order chi connectivity index (χ1) is 10.3. The van der Waals surface area contributed by atoms with Crippen molar-refractivity contribution in [2.75, 3.05) is 0 Å². The highest BCUT2D eigenvalue weighted by Gasteiger charge is 2.31. The van der Waals surface area contributed by atoms with Crippen LogP contribution in [0.25, 0.3) is 10.8 Å². The number of sulfonamides is 1. The highest BCUT2D eigenvalue weighted by molar-refractivity contribution is 7.89. The topological polar surface area (TPSA) is 72.2 Å². The van der Waals surface area contributed by atoms with Gasteiger partial charge in [-0.05, 0) is 41.2 Å². The molecular weight excluding hydrogens is 296 g/mol. The van der Waals surface area contributed by atoms with Gasteiger partial charge in [-0.3, -0.25) is 0 Å². The lowest BCUT2D eigenvalue weighted by molar-refractivity contribution is 0.222. The molecule has 0 aliphatic carbocycles. The third kappa shape index (κ3) is 3.32. The predicted molar refractivity (Wildman–Crippen MR) is 90.9 cm³/mol. The van der Waals surface area contributed by atoms with Crippen LogP contribution in [0.1, 0.15) is 33.6 Å². The number of nitrogens with one attached hydrogen (secondary N) is 1. The SMILES string of the molecule is CCC(C)(CC)C(N)NS(=O)(=O)c1ccc2ccccc2c1. The second kappa shape index (κ2) is 6.36. The quantitative estimate of drug-likeness (QED) is 0.803. The Labute approximate surface area is 132 Å². The molecule has 1 atom stereocenters. The summed E-state index contributed by atoms with van der Waals surface area (Å²) < 4.78 is 27.8. The maximum Gasteiger partial charge on any atom is 0.241 e. The zero-order valence-corrected chi connectivity index (χ0v) is 14.2. The largest absolute Gasteiger partial charge is 0.315 e. The van der Waals surface area contributed by atoms with E-state index in [-0.39, 0.29) is 10.3 Å². The van der Waals surface area contributed by atoms with Gasteiger partial charge in [-0.15, -0.1) is 0 Å². The van der Waals surface area contributed by atoms with Gasteiger partial charge < -0.3 is 5.73 Å². The van der Waals surface area contributed by atoms with E-state index in [0.717, 1.165) is 23.6 Å². The fourth-order valence-corrected chi connectivity index (χ4v) is 3.69. The summed E-state index contributed by atoms with van der Waals surface area (Å²) in [7, 11) is -3.63. The van der Waals surface area contributed by atoms with Gasteiger partial charge in [0.2, 0.25) is 10.0 Å². The minimum atomic E-state index is -3.63. The summed E-state index contributed by atoms with van der Waals surface area (Å²) in [6, 6.07) is 12.8.